The molecule has 0 saturated carbocycles. The molecule has 0 aliphatic carbocycles. The van der Waals surface area contributed by atoms with E-state index in [2.05, 4.69) is 15.9 Å². The van der Waals surface area contributed by atoms with E-state index in [1.165, 1.54) is 0 Å². The van der Waals surface area contributed by atoms with E-state index < -0.39 is 0 Å². The Morgan fingerprint density at radius 3 is 2.75 bits per heavy atom. The molecule has 0 saturated heterocycles. The molecule has 0 fully saturated rings. The van der Waals surface area contributed by atoms with Crippen molar-refractivity contribution in [3.05, 3.63) is 46.5 Å². The molecule has 4 heteroatoms. The van der Waals surface area contributed by atoms with Crippen LogP contribution in [0.5, 0.6) is 0 Å². The number of rotatable bonds is 1. The highest BCUT2D eigenvalue weighted by molar-refractivity contribution is 9.08. The lowest BCUT2D eigenvalue weighted by molar-refractivity contribution is 0.558. The van der Waals surface area contributed by atoms with E-state index in [-0.39, 0.29) is 5.63 Å². The van der Waals surface area contributed by atoms with Crippen LogP contribution in [0.25, 0.3) is 21.9 Å². The molecular formula is C12H7BrO3. The lowest BCUT2D eigenvalue weighted by atomic mass is 10.2. The van der Waals surface area contributed by atoms with Crippen molar-refractivity contribution in [3.63, 3.8) is 0 Å². The van der Waals surface area contributed by atoms with Crippen molar-refractivity contribution in [1.29, 1.82) is 0 Å². The molecule has 0 aliphatic rings. The van der Waals surface area contributed by atoms with Crippen LogP contribution in [0, 0.1) is 0 Å². The first-order valence-electron chi connectivity index (χ1n) is 4.80. The first kappa shape index (κ1) is 9.66. The van der Waals surface area contributed by atoms with E-state index in [0.29, 0.717) is 21.9 Å². The monoisotopic (exact) mass is 278 g/mol. The van der Waals surface area contributed by atoms with Crippen LogP contribution in [0.4, 0.5) is 0 Å². The first-order valence-corrected chi connectivity index (χ1v) is 5.92. The SMILES string of the molecule is O=c1oc2ccccc2c2oc(CBr)cc12. The average Bonchev–Trinajstić information content (AvgIpc) is 2.74. The molecule has 0 amide bonds. The summed E-state index contributed by atoms with van der Waals surface area (Å²) in [6, 6.07) is 9.06. The van der Waals surface area contributed by atoms with Gasteiger partial charge in [-0.25, -0.2) is 4.79 Å². The molecule has 0 unspecified atom stereocenters. The quantitative estimate of drug-likeness (QED) is 0.506. The van der Waals surface area contributed by atoms with Crippen molar-refractivity contribution in [2.75, 3.05) is 0 Å². The fraction of sp³-hybridized carbons (Fsp3) is 0.0833. The average molecular weight is 279 g/mol. The van der Waals surface area contributed by atoms with Crippen LogP contribution in [0.1, 0.15) is 5.76 Å². The van der Waals surface area contributed by atoms with Crippen molar-refractivity contribution in [2.45, 2.75) is 5.33 Å². The Labute approximate surface area is 98.8 Å². The van der Waals surface area contributed by atoms with Gasteiger partial charge in [-0.2, -0.15) is 0 Å². The standard InChI is InChI=1S/C12H7BrO3/c13-6-7-5-9-11(15-7)8-3-1-2-4-10(8)16-12(9)14/h1-5H,6H2. The second-order valence-electron chi connectivity index (χ2n) is 3.47. The largest absolute Gasteiger partial charge is 0.459 e. The van der Waals surface area contributed by atoms with Gasteiger partial charge in [-0.1, -0.05) is 28.1 Å². The molecule has 0 atom stereocenters. The van der Waals surface area contributed by atoms with E-state index in [9.17, 15) is 4.79 Å². The van der Waals surface area contributed by atoms with E-state index in [1.54, 1.807) is 12.1 Å². The Hall–Kier alpha value is -1.55. The van der Waals surface area contributed by atoms with Crippen LogP contribution in [-0.4, -0.2) is 0 Å². The summed E-state index contributed by atoms with van der Waals surface area (Å²) in [4.78, 5) is 11.7. The van der Waals surface area contributed by atoms with Crippen molar-refractivity contribution in [3.8, 4) is 0 Å². The van der Waals surface area contributed by atoms with Crippen LogP contribution < -0.4 is 5.63 Å². The molecule has 16 heavy (non-hydrogen) atoms. The van der Waals surface area contributed by atoms with Crippen LogP contribution >= 0.6 is 15.9 Å². The van der Waals surface area contributed by atoms with Gasteiger partial charge < -0.3 is 8.83 Å². The normalized spacial score (nSPS) is 11.3. The molecule has 1 aromatic carbocycles. The minimum Gasteiger partial charge on any atom is -0.459 e. The van der Waals surface area contributed by atoms with Crippen molar-refractivity contribution < 1.29 is 8.83 Å². The Balaban J connectivity index is 2.57. The number of furan rings is 1. The van der Waals surface area contributed by atoms with Gasteiger partial charge >= 0.3 is 5.63 Å². The van der Waals surface area contributed by atoms with Gasteiger partial charge in [-0.15, -0.1) is 0 Å². The maximum absolute atomic E-state index is 11.7. The second-order valence-corrected chi connectivity index (χ2v) is 4.04. The molecule has 2 aromatic heterocycles. The highest BCUT2D eigenvalue weighted by atomic mass is 79.9. The fourth-order valence-electron chi connectivity index (χ4n) is 1.76. The summed E-state index contributed by atoms with van der Waals surface area (Å²) in [5.74, 6) is 0.721. The highest BCUT2D eigenvalue weighted by Gasteiger charge is 2.12. The number of hydrogen-bond acceptors (Lipinski definition) is 3. The van der Waals surface area contributed by atoms with E-state index in [0.717, 1.165) is 11.1 Å². The summed E-state index contributed by atoms with van der Waals surface area (Å²) >= 11 is 3.30. The van der Waals surface area contributed by atoms with E-state index in [1.807, 2.05) is 18.2 Å². The summed E-state index contributed by atoms with van der Waals surface area (Å²) in [6.07, 6.45) is 0. The van der Waals surface area contributed by atoms with Crippen molar-refractivity contribution >= 4 is 37.9 Å². The van der Waals surface area contributed by atoms with E-state index >= 15 is 0 Å². The number of fused-ring (bicyclic) bond motifs is 3. The lowest BCUT2D eigenvalue weighted by Crippen LogP contribution is -1.97. The number of para-hydroxylation sites is 1. The van der Waals surface area contributed by atoms with Gasteiger partial charge in [0.25, 0.3) is 0 Å². The summed E-state index contributed by atoms with van der Waals surface area (Å²) in [6.45, 7) is 0. The third kappa shape index (κ3) is 1.30. The van der Waals surface area contributed by atoms with Gasteiger partial charge in [0.1, 0.15) is 16.7 Å². The zero-order valence-electron chi connectivity index (χ0n) is 8.20. The second kappa shape index (κ2) is 3.49. The maximum Gasteiger partial charge on any atom is 0.347 e. The molecule has 2 heterocycles. The van der Waals surface area contributed by atoms with Crippen LogP contribution in [0.15, 0.2) is 44.0 Å². The maximum atomic E-state index is 11.7. The summed E-state index contributed by atoms with van der Waals surface area (Å²) in [5.41, 5.74) is 0.793. The predicted molar refractivity (Wildman–Crippen MR) is 64.9 cm³/mol. The molecule has 0 spiro atoms. The summed E-state index contributed by atoms with van der Waals surface area (Å²) < 4.78 is 10.8. The molecular weight excluding hydrogens is 272 g/mol. The van der Waals surface area contributed by atoms with E-state index in [4.69, 9.17) is 8.83 Å². The van der Waals surface area contributed by atoms with Gasteiger partial charge in [0.05, 0.1) is 10.7 Å². The number of hydrogen-bond donors (Lipinski definition) is 0. The number of alkyl halides is 1. The minimum absolute atomic E-state index is 0.357. The molecule has 80 valence electrons. The van der Waals surface area contributed by atoms with Crippen LogP contribution in [0.2, 0.25) is 0 Å². The smallest absolute Gasteiger partial charge is 0.347 e. The topological polar surface area (TPSA) is 43.4 Å². The zero-order valence-corrected chi connectivity index (χ0v) is 9.78. The Bertz CT molecular complexity index is 724. The minimum atomic E-state index is -0.357. The first-order chi connectivity index (χ1) is 7.79. The molecule has 3 aromatic rings. The molecule has 0 aliphatic heterocycles. The van der Waals surface area contributed by atoms with Gasteiger partial charge in [-0.3, -0.25) is 0 Å². The summed E-state index contributed by atoms with van der Waals surface area (Å²) in [5, 5.41) is 1.90. The predicted octanol–water partition coefficient (Wildman–Crippen LogP) is 3.43. The number of benzene rings is 1. The molecule has 0 radical (unpaired) electrons. The van der Waals surface area contributed by atoms with Crippen LogP contribution in [-0.2, 0) is 5.33 Å². The molecule has 3 nitrogen and oxygen atoms in total. The van der Waals surface area contributed by atoms with Gasteiger partial charge in [-0.05, 0) is 18.2 Å². The third-order valence-corrected chi connectivity index (χ3v) is 3.02. The summed E-state index contributed by atoms with van der Waals surface area (Å²) in [7, 11) is 0. The zero-order chi connectivity index (χ0) is 11.1. The molecule has 0 N–H and O–H groups in total. The van der Waals surface area contributed by atoms with Gasteiger partial charge in [0.15, 0.2) is 5.58 Å². The highest BCUT2D eigenvalue weighted by Crippen LogP contribution is 2.26. The number of halogens is 1. The van der Waals surface area contributed by atoms with Crippen molar-refractivity contribution in [1.82, 2.24) is 0 Å². The Morgan fingerprint density at radius 2 is 1.94 bits per heavy atom. The third-order valence-electron chi connectivity index (χ3n) is 2.47. The molecule has 0 bridgehead atoms. The lowest BCUT2D eigenvalue weighted by Gasteiger charge is -1.95. The van der Waals surface area contributed by atoms with Crippen molar-refractivity contribution in [2.24, 2.45) is 0 Å². The molecule has 3 rings (SSSR count). The Morgan fingerprint density at radius 1 is 1.12 bits per heavy atom. The van der Waals surface area contributed by atoms with Crippen LogP contribution in [0.3, 0.4) is 0 Å². The van der Waals surface area contributed by atoms with Gasteiger partial charge in [0.2, 0.25) is 0 Å². The van der Waals surface area contributed by atoms with Gasteiger partial charge in [0, 0.05) is 0 Å². The Kier molecular flexibility index (Phi) is 2.11. The fourth-order valence-corrected chi connectivity index (χ4v) is 2.03.